The topological polar surface area (TPSA) is 101 Å². The number of amides is 2. The fourth-order valence-electron chi connectivity index (χ4n) is 4.93. The first-order valence-corrected chi connectivity index (χ1v) is 14.8. The lowest BCUT2D eigenvalue weighted by Crippen LogP contribution is -2.50. The molecule has 218 valence electrons. The Hall–Kier alpha value is -3.15. The van der Waals surface area contributed by atoms with Crippen LogP contribution in [0.25, 0.3) is 11.5 Å². The highest BCUT2D eigenvalue weighted by atomic mass is 35.5. The highest BCUT2D eigenvalue weighted by Crippen LogP contribution is 2.40. The van der Waals surface area contributed by atoms with Gasteiger partial charge in [-0.3, -0.25) is 4.79 Å². The van der Waals surface area contributed by atoms with E-state index in [-0.39, 0.29) is 30.8 Å². The molecule has 0 aliphatic carbocycles. The van der Waals surface area contributed by atoms with Crippen molar-refractivity contribution >= 4 is 41.1 Å². The van der Waals surface area contributed by atoms with Crippen molar-refractivity contribution < 1.29 is 23.1 Å². The third-order valence-electron chi connectivity index (χ3n) is 6.85. The van der Waals surface area contributed by atoms with Gasteiger partial charge in [-0.25, -0.2) is 9.18 Å². The second kappa shape index (κ2) is 11.6. The summed E-state index contributed by atoms with van der Waals surface area (Å²) in [5.41, 5.74) is -0.393. The summed E-state index contributed by atoms with van der Waals surface area (Å²) < 4.78 is 27.0. The number of likely N-dealkylation sites (N-methyl/N-ethyl adjacent to an activating group) is 1. The van der Waals surface area contributed by atoms with Gasteiger partial charge in [0.1, 0.15) is 11.6 Å². The highest BCUT2D eigenvalue weighted by Gasteiger charge is 2.41. The summed E-state index contributed by atoms with van der Waals surface area (Å²) in [6, 6.07) is 11.9. The van der Waals surface area contributed by atoms with E-state index in [4.69, 9.17) is 20.8 Å². The predicted octanol–water partition coefficient (Wildman–Crippen LogP) is 5.81. The number of carbonyl (C=O) groups is 2. The van der Waals surface area contributed by atoms with Crippen molar-refractivity contribution in [1.82, 2.24) is 20.4 Å². The van der Waals surface area contributed by atoms with Gasteiger partial charge in [0.25, 0.3) is 11.8 Å². The van der Waals surface area contributed by atoms with E-state index in [0.717, 1.165) is 17.0 Å². The van der Waals surface area contributed by atoms with Crippen LogP contribution in [-0.2, 0) is 21.7 Å². The molecule has 1 aromatic heterocycles. The summed E-state index contributed by atoms with van der Waals surface area (Å²) >= 11 is 7.53. The van der Waals surface area contributed by atoms with Crippen LogP contribution in [0.4, 0.5) is 14.9 Å². The molecule has 0 spiro atoms. The molecule has 0 bridgehead atoms. The van der Waals surface area contributed by atoms with Crippen molar-refractivity contribution in [3.05, 3.63) is 58.9 Å². The molecule has 1 N–H and O–H groups in total. The SMILES string of the molecule is CN1CCCC(F)(c2nnc(-c3ccc4c(c3)N(Cc3ccc(Cl)cc3)C(=O)[C@@H](NC(=O)OC(C)(C)C)CS4)o2)C1. The third kappa shape index (κ3) is 6.85. The number of likely N-dealkylation sites (tertiary alicyclic amines) is 1. The van der Waals surface area contributed by atoms with Crippen molar-refractivity contribution in [2.24, 2.45) is 0 Å². The molecule has 3 aromatic rings. The van der Waals surface area contributed by atoms with Gasteiger partial charge in [0.15, 0.2) is 0 Å². The highest BCUT2D eigenvalue weighted by molar-refractivity contribution is 7.99. The largest absolute Gasteiger partial charge is 0.444 e. The maximum atomic E-state index is 15.7. The van der Waals surface area contributed by atoms with Crippen molar-refractivity contribution in [1.29, 1.82) is 0 Å². The van der Waals surface area contributed by atoms with E-state index in [1.54, 1.807) is 43.9 Å². The van der Waals surface area contributed by atoms with Gasteiger partial charge in [-0.05, 0) is 83.1 Å². The molecule has 1 saturated heterocycles. The quantitative estimate of drug-likeness (QED) is 0.391. The molecular formula is C29H33ClFN5O4S. The van der Waals surface area contributed by atoms with Gasteiger partial charge in [-0.2, -0.15) is 0 Å². The first-order chi connectivity index (χ1) is 19.4. The molecule has 41 heavy (non-hydrogen) atoms. The number of aromatic nitrogens is 2. The fraction of sp³-hybridized carbons (Fsp3) is 0.448. The Balaban J connectivity index is 1.47. The summed E-state index contributed by atoms with van der Waals surface area (Å²) in [4.78, 5) is 30.9. The van der Waals surface area contributed by atoms with E-state index in [9.17, 15) is 9.59 Å². The van der Waals surface area contributed by atoms with Crippen LogP contribution in [0.5, 0.6) is 0 Å². The van der Waals surface area contributed by atoms with Gasteiger partial charge in [0, 0.05) is 27.8 Å². The van der Waals surface area contributed by atoms with E-state index < -0.39 is 23.4 Å². The summed E-state index contributed by atoms with van der Waals surface area (Å²) in [5.74, 6) is 0.140. The number of hydrogen-bond acceptors (Lipinski definition) is 8. The second-order valence-corrected chi connectivity index (χ2v) is 13.0. The minimum atomic E-state index is -1.71. The number of anilines is 1. The molecule has 2 atom stereocenters. The summed E-state index contributed by atoms with van der Waals surface area (Å²) in [7, 11) is 1.87. The van der Waals surface area contributed by atoms with Crippen molar-refractivity contribution in [3.63, 3.8) is 0 Å². The maximum absolute atomic E-state index is 15.7. The summed E-state index contributed by atoms with van der Waals surface area (Å²) in [6.45, 7) is 6.53. The molecule has 2 amide bonds. The monoisotopic (exact) mass is 601 g/mol. The molecule has 5 rings (SSSR count). The smallest absolute Gasteiger partial charge is 0.408 e. The number of carbonyl (C=O) groups excluding carboxylic acids is 2. The zero-order chi connectivity index (χ0) is 29.4. The van der Waals surface area contributed by atoms with Gasteiger partial charge >= 0.3 is 6.09 Å². The molecule has 2 aliphatic rings. The number of hydrogen-bond donors (Lipinski definition) is 1. The number of fused-ring (bicyclic) bond motifs is 1. The van der Waals surface area contributed by atoms with Crippen molar-refractivity contribution in [2.75, 3.05) is 30.8 Å². The first kappa shape index (κ1) is 29.3. The molecule has 0 saturated carbocycles. The van der Waals surface area contributed by atoms with Gasteiger partial charge in [0.2, 0.25) is 11.6 Å². The third-order valence-corrected chi connectivity index (χ3v) is 8.26. The number of alkyl carbamates (subject to hydrolysis) is 1. The van der Waals surface area contributed by atoms with E-state index in [0.29, 0.717) is 34.9 Å². The molecule has 1 unspecified atom stereocenters. The van der Waals surface area contributed by atoms with Crippen LogP contribution in [0.3, 0.4) is 0 Å². The van der Waals surface area contributed by atoms with Crippen molar-refractivity contribution in [3.8, 4) is 11.5 Å². The van der Waals surface area contributed by atoms with Gasteiger partial charge in [-0.15, -0.1) is 22.0 Å². The van der Waals surface area contributed by atoms with Gasteiger partial charge in [-0.1, -0.05) is 23.7 Å². The van der Waals surface area contributed by atoms with Crippen LogP contribution >= 0.6 is 23.4 Å². The van der Waals surface area contributed by atoms with Crippen LogP contribution in [0.15, 0.2) is 51.8 Å². The molecule has 12 heteroatoms. The number of alkyl halides is 1. The van der Waals surface area contributed by atoms with Crippen LogP contribution in [0.1, 0.15) is 45.1 Å². The number of piperidine rings is 1. The van der Waals surface area contributed by atoms with E-state index in [2.05, 4.69) is 15.5 Å². The minimum absolute atomic E-state index is 0.0425. The number of thioether (sulfide) groups is 1. The molecule has 0 radical (unpaired) electrons. The molecular weight excluding hydrogens is 569 g/mol. The minimum Gasteiger partial charge on any atom is -0.444 e. The maximum Gasteiger partial charge on any atom is 0.408 e. The first-order valence-electron chi connectivity index (χ1n) is 13.4. The average Bonchev–Trinajstić information content (AvgIpc) is 3.37. The van der Waals surface area contributed by atoms with Crippen LogP contribution in [0, 0.1) is 0 Å². The molecule has 2 aliphatic heterocycles. The number of rotatable bonds is 5. The van der Waals surface area contributed by atoms with Crippen LogP contribution in [-0.4, -0.2) is 64.6 Å². The van der Waals surface area contributed by atoms with Gasteiger partial charge < -0.3 is 24.3 Å². The Morgan fingerprint density at radius 2 is 2.00 bits per heavy atom. The Morgan fingerprint density at radius 3 is 2.71 bits per heavy atom. The number of halogens is 2. The number of ether oxygens (including phenoxy) is 1. The lowest BCUT2D eigenvalue weighted by molar-refractivity contribution is -0.120. The molecule has 3 heterocycles. The molecule has 9 nitrogen and oxygen atoms in total. The standard InChI is InChI=1S/C29H33ClFN5O4S/c1-28(2,3)40-27(38)32-21-16-41-23-11-8-19(24-33-34-26(39-24)29(31)12-5-13-35(4)17-29)14-22(23)36(25(21)37)15-18-6-9-20(30)10-7-18/h6-11,14,21H,5,12-13,15-17H2,1-4H3,(H,32,38)/t21-,29?/m0/s1. The lowest BCUT2D eigenvalue weighted by atomic mass is 9.95. The molecule has 2 aromatic carbocycles. The number of nitrogens with one attached hydrogen (secondary N) is 1. The molecule has 1 fully saturated rings. The lowest BCUT2D eigenvalue weighted by Gasteiger charge is -2.32. The summed E-state index contributed by atoms with van der Waals surface area (Å²) in [6.07, 6.45) is 0.345. The Kier molecular flexibility index (Phi) is 8.31. The zero-order valence-corrected chi connectivity index (χ0v) is 25.0. The average molecular weight is 602 g/mol. The normalized spacial score (nSPS) is 21.8. The Morgan fingerprint density at radius 1 is 1.24 bits per heavy atom. The Labute approximate surface area is 247 Å². The summed E-state index contributed by atoms with van der Waals surface area (Å²) in [5, 5.41) is 11.5. The predicted molar refractivity (Wildman–Crippen MR) is 156 cm³/mol. The van der Waals surface area contributed by atoms with Crippen LogP contribution in [0.2, 0.25) is 5.02 Å². The van der Waals surface area contributed by atoms with Crippen molar-refractivity contribution in [2.45, 2.75) is 62.4 Å². The van der Waals surface area contributed by atoms with E-state index in [1.807, 2.05) is 36.2 Å². The fourth-order valence-corrected chi connectivity index (χ4v) is 6.11. The van der Waals surface area contributed by atoms with Gasteiger partial charge in [0.05, 0.1) is 12.2 Å². The second-order valence-electron chi connectivity index (χ2n) is 11.5. The van der Waals surface area contributed by atoms with Crippen LogP contribution < -0.4 is 10.2 Å². The Bertz CT molecular complexity index is 1430. The van der Waals surface area contributed by atoms with E-state index in [1.165, 1.54) is 11.8 Å². The number of benzene rings is 2. The number of nitrogens with zero attached hydrogens (tertiary/aromatic N) is 4. The zero-order valence-electron chi connectivity index (χ0n) is 23.4. The van der Waals surface area contributed by atoms with E-state index >= 15 is 4.39 Å².